The van der Waals surface area contributed by atoms with Gasteiger partial charge in [-0.2, -0.15) is 0 Å². The first-order valence-corrected chi connectivity index (χ1v) is 5.93. The normalized spacial score (nSPS) is 12.9. The van der Waals surface area contributed by atoms with Crippen molar-refractivity contribution in [3.05, 3.63) is 35.9 Å². The Kier molecular flexibility index (Phi) is 5.82. The summed E-state index contributed by atoms with van der Waals surface area (Å²) in [5.41, 5.74) is 6.04. The van der Waals surface area contributed by atoms with Gasteiger partial charge in [0.15, 0.2) is 0 Å². The highest BCUT2D eigenvalue weighted by Crippen LogP contribution is 2.22. The molecule has 0 aliphatic heterocycles. The van der Waals surface area contributed by atoms with Gasteiger partial charge in [0.1, 0.15) is 5.25 Å². The molecule has 4 N–H and O–H groups in total. The molecular weight excluding hydrogens is 236 g/mol. The smallest absolute Gasteiger partial charge is 0.216 e. The van der Waals surface area contributed by atoms with E-state index in [9.17, 15) is 8.42 Å². The van der Waals surface area contributed by atoms with E-state index in [4.69, 9.17) is 10.9 Å². The molecule has 0 spiro atoms. The predicted octanol–water partition coefficient (Wildman–Crippen LogP) is 0.787. The molecule has 0 fully saturated rings. The number of hydrogen-bond acceptors (Lipinski definition) is 3. The Bertz CT molecular complexity index is 380. The topological polar surface area (TPSA) is 86.2 Å². The molecule has 0 radical (unpaired) electrons. The van der Waals surface area contributed by atoms with E-state index in [1.54, 1.807) is 24.3 Å². The lowest BCUT2D eigenvalue weighted by Crippen LogP contribution is -2.23. The number of hydrogen-bond donors (Lipinski definition) is 2. The predicted molar refractivity (Wildman–Crippen MR) is 63.2 cm³/mol. The second-order valence-corrected chi connectivity index (χ2v) is 4.81. The molecule has 1 aromatic rings. The van der Waals surface area contributed by atoms with Gasteiger partial charge in [0.25, 0.3) is 0 Å². The minimum Gasteiger partial charge on any atom is -0.330 e. The van der Waals surface area contributed by atoms with Crippen LogP contribution in [0.15, 0.2) is 30.3 Å². The van der Waals surface area contributed by atoms with Gasteiger partial charge in [-0.1, -0.05) is 30.3 Å². The van der Waals surface area contributed by atoms with E-state index in [1.807, 2.05) is 6.07 Å². The standard InChI is InChI=1S/C9H14N2O2S.ClH/c10-7-6-9(14(11,12)13)8-4-2-1-3-5-8;/h1-5,9H,6-7,10H2,(H2,11,12,13);1H. The largest absolute Gasteiger partial charge is 0.330 e. The molecule has 1 aromatic carbocycles. The summed E-state index contributed by atoms with van der Waals surface area (Å²) in [5.74, 6) is 0. The molecule has 1 unspecified atom stereocenters. The first kappa shape index (κ1) is 14.4. The zero-order chi connectivity index (χ0) is 10.6. The van der Waals surface area contributed by atoms with Crippen LogP contribution in [0.2, 0.25) is 0 Å². The fourth-order valence-electron chi connectivity index (χ4n) is 1.34. The fraction of sp³-hybridized carbons (Fsp3) is 0.333. The number of sulfonamides is 1. The number of nitrogens with two attached hydrogens (primary N) is 2. The average molecular weight is 251 g/mol. The molecule has 0 bridgehead atoms. The van der Waals surface area contributed by atoms with Gasteiger partial charge in [0, 0.05) is 0 Å². The van der Waals surface area contributed by atoms with E-state index < -0.39 is 15.3 Å². The zero-order valence-corrected chi connectivity index (χ0v) is 9.80. The van der Waals surface area contributed by atoms with E-state index in [0.717, 1.165) is 0 Å². The number of primary sulfonamides is 1. The van der Waals surface area contributed by atoms with Crippen molar-refractivity contribution in [2.24, 2.45) is 10.9 Å². The molecular formula is C9H15ClN2O2S. The van der Waals surface area contributed by atoms with Crippen LogP contribution in [0.1, 0.15) is 17.2 Å². The van der Waals surface area contributed by atoms with Gasteiger partial charge >= 0.3 is 0 Å². The van der Waals surface area contributed by atoms with Crippen LogP contribution in [0.5, 0.6) is 0 Å². The zero-order valence-electron chi connectivity index (χ0n) is 8.17. The lowest BCUT2D eigenvalue weighted by molar-refractivity contribution is 0.578. The Morgan fingerprint density at radius 3 is 2.13 bits per heavy atom. The third kappa shape index (κ3) is 4.17. The number of rotatable bonds is 4. The van der Waals surface area contributed by atoms with Crippen molar-refractivity contribution < 1.29 is 8.42 Å². The summed E-state index contributed by atoms with van der Waals surface area (Å²) >= 11 is 0. The summed E-state index contributed by atoms with van der Waals surface area (Å²) in [6.45, 7) is 0.302. The van der Waals surface area contributed by atoms with Crippen molar-refractivity contribution in [1.29, 1.82) is 0 Å². The van der Waals surface area contributed by atoms with Gasteiger partial charge in [0.05, 0.1) is 0 Å². The second-order valence-electron chi connectivity index (χ2n) is 3.07. The molecule has 0 heterocycles. The van der Waals surface area contributed by atoms with E-state index in [0.29, 0.717) is 18.5 Å². The van der Waals surface area contributed by atoms with Crippen molar-refractivity contribution in [1.82, 2.24) is 0 Å². The summed E-state index contributed by atoms with van der Waals surface area (Å²) in [7, 11) is -3.56. The average Bonchev–Trinajstić information content (AvgIpc) is 2.14. The van der Waals surface area contributed by atoms with Crippen LogP contribution in [0.25, 0.3) is 0 Å². The van der Waals surface area contributed by atoms with Crippen LogP contribution in [0.3, 0.4) is 0 Å². The van der Waals surface area contributed by atoms with E-state index in [2.05, 4.69) is 0 Å². The van der Waals surface area contributed by atoms with Gasteiger partial charge < -0.3 is 5.73 Å². The van der Waals surface area contributed by atoms with Crippen molar-refractivity contribution in [3.8, 4) is 0 Å². The molecule has 0 aromatic heterocycles. The summed E-state index contributed by atoms with van der Waals surface area (Å²) in [6.07, 6.45) is 0.350. The summed E-state index contributed by atoms with van der Waals surface area (Å²) in [6, 6.07) is 8.87. The molecule has 0 amide bonds. The SMILES string of the molecule is Cl.NCCC(c1ccccc1)S(N)(=O)=O. The van der Waals surface area contributed by atoms with Crippen molar-refractivity contribution in [2.45, 2.75) is 11.7 Å². The summed E-state index contributed by atoms with van der Waals surface area (Å²) < 4.78 is 22.5. The quantitative estimate of drug-likeness (QED) is 0.828. The van der Waals surface area contributed by atoms with E-state index in [1.165, 1.54) is 0 Å². The molecule has 1 atom stereocenters. The highest BCUT2D eigenvalue weighted by molar-refractivity contribution is 7.89. The minimum atomic E-state index is -3.56. The van der Waals surface area contributed by atoms with Crippen molar-refractivity contribution in [3.63, 3.8) is 0 Å². The van der Waals surface area contributed by atoms with Crippen LogP contribution in [-0.4, -0.2) is 15.0 Å². The first-order valence-electron chi connectivity index (χ1n) is 4.32. The maximum absolute atomic E-state index is 11.2. The fourth-order valence-corrected chi connectivity index (χ4v) is 2.34. The van der Waals surface area contributed by atoms with Gasteiger partial charge in [-0.05, 0) is 18.5 Å². The van der Waals surface area contributed by atoms with Gasteiger partial charge in [0.2, 0.25) is 10.0 Å². The molecule has 1 rings (SSSR count). The highest BCUT2D eigenvalue weighted by Gasteiger charge is 2.21. The Balaban J connectivity index is 0.00000196. The van der Waals surface area contributed by atoms with Crippen LogP contribution in [0.4, 0.5) is 0 Å². The second kappa shape index (κ2) is 6.07. The molecule has 4 nitrogen and oxygen atoms in total. The molecule has 0 saturated heterocycles. The molecule has 6 heteroatoms. The Labute approximate surface area is 96.1 Å². The third-order valence-corrected chi connectivity index (χ3v) is 3.30. The number of benzene rings is 1. The van der Waals surface area contributed by atoms with Gasteiger partial charge in [-0.25, -0.2) is 13.6 Å². The maximum Gasteiger partial charge on any atom is 0.216 e. The highest BCUT2D eigenvalue weighted by atomic mass is 35.5. The van der Waals surface area contributed by atoms with Crippen molar-refractivity contribution >= 4 is 22.4 Å². The molecule has 0 saturated carbocycles. The Morgan fingerprint density at radius 2 is 1.73 bits per heavy atom. The van der Waals surface area contributed by atoms with Crippen LogP contribution in [0, 0.1) is 0 Å². The third-order valence-electron chi connectivity index (χ3n) is 2.00. The van der Waals surface area contributed by atoms with Crippen LogP contribution >= 0.6 is 12.4 Å². The van der Waals surface area contributed by atoms with E-state index in [-0.39, 0.29) is 12.4 Å². The molecule has 0 aliphatic rings. The lowest BCUT2D eigenvalue weighted by Gasteiger charge is -2.13. The van der Waals surface area contributed by atoms with Crippen LogP contribution in [-0.2, 0) is 10.0 Å². The van der Waals surface area contributed by atoms with Crippen molar-refractivity contribution in [2.75, 3.05) is 6.54 Å². The van der Waals surface area contributed by atoms with E-state index >= 15 is 0 Å². The lowest BCUT2D eigenvalue weighted by atomic mass is 10.1. The maximum atomic E-state index is 11.2. The van der Waals surface area contributed by atoms with Gasteiger partial charge in [-0.3, -0.25) is 0 Å². The number of halogens is 1. The van der Waals surface area contributed by atoms with Crippen LogP contribution < -0.4 is 10.9 Å². The first-order chi connectivity index (χ1) is 6.55. The van der Waals surface area contributed by atoms with Gasteiger partial charge in [-0.15, -0.1) is 12.4 Å². The Morgan fingerprint density at radius 1 is 1.20 bits per heavy atom. The monoisotopic (exact) mass is 250 g/mol. The molecule has 15 heavy (non-hydrogen) atoms. The Hall–Kier alpha value is -0.620. The summed E-state index contributed by atoms with van der Waals surface area (Å²) in [5, 5.41) is 4.43. The molecule has 0 aliphatic carbocycles. The minimum absolute atomic E-state index is 0. The summed E-state index contributed by atoms with van der Waals surface area (Å²) in [4.78, 5) is 0. The molecule has 86 valence electrons.